The Morgan fingerprint density at radius 2 is 2.00 bits per heavy atom. The molecule has 86 valence electrons. The highest BCUT2D eigenvalue weighted by molar-refractivity contribution is 6.35. The number of ketones is 1. The Balaban J connectivity index is 2.89. The highest BCUT2D eigenvalue weighted by atomic mass is 35.5. The Morgan fingerprint density at radius 3 is 2.50 bits per heavy atom. The predicted molar refractivity (Wildman–Crippen MR) is 66.8 cm³/mol. The number of carbonyl (C=O) groups excluding carboxylic acids is 1. The molecule has 0 radical (unpaired) electrons. The average Bonchev–Trinajstić information content (AvgIpc) is 2.14. The number of hydrogen-bond donors (Lipinski definition) is 1. The van der Waals surface area contributed by atoms with Gasteiger partial charge in [-0.2, -0.15) is 0 Å². The third kappa shape index (κ3) is 3.63. The van der Waals surface area contributed by atoms with Crippen LogP contribution >= 0.6 is 23.2 Å². The summed E-state index contributed by atoms with van der Waals surface area (Å²) in [7, 11) is 0. The van der Waals surface area contributed by atoms with Gasteiger partial charge in [0.05, 0.1) is 0 Å². The highest BCUT2D eigenvalue weighted by Gasteiger charge is 2.20. The zero-order chi connectivity index (χ0) is 12.3. The van der Waals surface area contributed by atoms with Crippen LogP contribution in [-0.2, 0) is 4.79 Å². The summed E-state index contributed by atoms with van der Waals surface area (Å²) in [4.78, 5) is 11.4. The second kappa shape index (κ2) is 5.00. The van der Waals surface area contributed by atoms with Gasteiger partial charge in [0.1, 0.15) is 5.60 Å². The standard InChI is InChI=1S/C12H12Cl2O2/c1-12(2,16)11(15)6-4-8-3-5-9(13)7-10(8)14/h3-7,16H,1-2H3/b6-4+. The summed E-state index contributed by atoms with van der Waals surface area (Å²) in [6.45, 7) is 2.87. The molecule has 0 saturated carbocycles. The number of halogens is 2. The molecule has 1 rings (SSSR count). The van der Waals surface area contributed by atoms with Crippen molar-refractivity contribution in [3.63, 3.8) is 0 Å². The van der Waals surface area contributed by atoms with Gasteiger partial charge in [-0.1, -0.05) is 29.3 Å². The smallest absolute Gasteiger partial charge is 0.186 e. The topological polar surface area (TPSA) is 37.3 Å². The van der Waals surface area contributed by atoms with E-state index in [1.165, 1.54) is 19.9 Å². The van der Waals surface area contributed by atoms with E-state index in [2.05, 4.69) is 0 Å². The van der Waals surface area contributed by atoms with Gasteiger partial charge in [-0.15, -0.1) is 0 Å². The number of hydrogen-bond acceptors (Lipinski definition) is 2. The Kier molecular flexibility index (Phi) is 4.14. The van der Waals surface area contributed by atoms with Crippen molar-refractivity contribution < 1.29 is 9.90 Å². The van der Waals surface area contributed by atoms with E-state index in [-0.39, 0.29) is 5.78 Å². The average molecular weight is 259 g/mol. The minimum atomic E-state index is -1.37. The Morgan fingerprint density at radius 1 is 1.38 bits per heavy atom. The Hall–Kier alpha value is -0.830. The summed E-state index contributed by atoms with van der Waals surface area (Å²) in [5, 5.41) is 10.4. The molecule has 0 aliphatic rings. The fourth-order valence-electron chi connectivity index (χ4n) is 1.01. The molecule has 0 heterocycles. The van der Waals surface area contributed by atoms with Gasteiger partial charge in [0.15, 0.2) is 5.78 Å². The molecular formula is C12H12Cl2O2. The zero-order valence-electron chi connectivity index (χ0n) is 9.00. The van der Waals surface area contributed by atoms with E-state index in [4.69, 9.17) is 23.2 Å². The molecule has 0 bridgehead atoms. The van der Waals surface area contributed by atoms with Crippen molar-refractivity contribution in [2.45, 2.75) is 19.4 Å². The number of carbonyl (C=O) groups is 1. The molecule has 4 heteroatoms. The molecule has 0 spiro atoms. The molecule has 2 nitrogen and oxygen atoms in total. The Labute approximate surface area is 104 Å². The first kappa shape index (κ1) is 13.2. The monoisotopic (exact) mass is 258 g/mol. The van der Waals surface area contributed by atoms with Crippen LogP contribution in [0.1, 0.15) is 19.4 Å². The van der Waals surface area contributed by atoms with Crippen LogP contribution in [0.15, 0.2) is 24.3 Å². The van der Waals surface area contributed by atoms with Gasteiger partial charge in [-0.25, -0.2) is 0 Å². The van der Waals surface area contributed by atoms with Crippen LogP contribution in [0.3, 0.4) is 0 Å². The summed E-state index contributed by atoms with van der Waals surface area (Å²) in [5.41, 5.74) is -0.682. The van der Waals surface area contributed by atoms with E-state index in [0.29, 0.717) is 15.6 Å². The summed E-state index contributed by atoms with van der Waals surface area (Å²) >= 11 is 11.7. The van der Waals surface area contributed by atoms with E-state index in [0.717, 1.165) is 0 Å². The maximum atomic E-state index is 11.4. The van der Waals surface area contributed by atoms with Crippen LogP contribution in [-0.4, -0.2) is 16.5 Å². The summed E-state index contributed by atoms with van der Waals surface area (Å²) < 4.78 is 0. The van der Waals surface area contributed by atoms with E-state index >= 15 is 0 Å². The molecule has 0 aliphatic carbocycles. The van der Waals surface area contributed by atoms with Crippen LogP contribution in [0.5, 0.6) is 0 Å². The maximum Gasteiger partial charge on any atom is 0.186 e. The maximum absolute atomic E-state index is 11.4. The van der Waals surface area contributed by atoms with E-state index in [9.17, 15) is 9.90 Å². The molecule has 0 aromatic heterocycles. The van der Waals surface area contributed by atoms with Crippen molar-refractivity contribution in [3.05, 3.63) is 39.9 Å². The SMILES string of the molecule is CC(C)(O)C(=O)/C=C/c1ccc(Cl)cc1Cl. The fraction of sp³-hybridized carbons (Fsp3) is 0.250. The van der Waals surface area contributed by atoms with Crippen molar-refractivity contribution in [2.75, 3.05) is 0 Å². The third-order valence-corrected chi connectivity index (χ3v) is 2.54. The van der Waals surface area contributed by atoms with Crippen molar-refractivity contribution in [3.8, 4) is 0 Å². The molecule has 0 saturated heterocycles. The summed E-state index contributed by atoms with van der Waals surface area (Å²) in [6.07, 6.45) is 2.86. The second-order valence-electron chi connectivity index (χ2n) is 3.92. The van der Waals surface area contributed by atoms with Gasteiger partial charge in [0, 0.05) is 10.0 Å². The fourth-order valence-corrected chi connectivity index (χ4v) is 1.48. The third-order valence-electron chi connectivity index (χ3n) is 1.98. The lowest BCUT2D eigenvalue weighted by Gasteiger charge is -2.11. The summed E-state index contributed by atoms with van der Waals surface area (Å²) in [6, 6.07) is 4.98. The largest absolute Gasteiger partial charge is 0.382 e. The van der Waals surface area contributed by atoms with Crippen molar-refractivity contribution in [2.24, 2.45) is 0 Å². The quantitative estimate of drug-likeness (QED) is 0.845. The summed E-state index contributed by atoms with van der Waals surface area (Å²) in [5.74, 6) is -0.376. The molecule has 0 amide bonds. The molecule has 0 atom stereocenters. The molecule has 0 aliphatic heterocycles. The number of benzene rings is 1. The van der Waals surface area contributed by atoms with Crippen molar-refractivity contribution in [1.29, 1.82) is 0 Å². The zero-order valence-corrected chi connectivity index (χ0v) is 10.5. The molecular weight excluding hydrogens is 247 g/mol. The lowest BCUT2D eigenvalue weighted by Crippen LogP contribution is -2.29. The van der Waals surface area contributed by atoms with E-state index in [1.54, 1.807) is 24.3 Å². The predicted octanol–water partition coefficient (Wildman–Crippen LogP) is 3.35. The first-order valence-corrected chi connectivity index (χ1v) is 5.46. The van der Waals surface area contributed by atoms with Gasteiger partial charge >= 0.3 is 0 Å². The normalized spacial score (nSPS) is 12.1. The second-order valence-corrected chi connectivity index (χ2v) is 4.77. The van der Waals surface area contributed by atoms with Crippen LogP contribution < -0.4 is 0 Å². The van der Waals surface area contributed by atoms with E-state index in [1.807, 2.05) is 0 Å². The molecule has 16 heavy (non-hydrogen) atoms. The van der Waals surface area contributed by atoms with Crippen LogP contribution in [0, 0.1) is 0 Å². The van der Waals surface area contributed by atoms with Crippen molar-refractivity contribution in [1.82, 2.24) is 0 Å². The van der Waals surface area contributed by atoms with Gasteiger partial charge in [0.2, 0.25) is 0 Å². The molecule has 1 aromatic rings. The minimum Gasteiger partial charge on any atom is -0.382 e. The van der Waals surface area contributed by atoms with Crippen LogP contribution in [0.25, 0.3) is 6.08 Å². The molecule has 0 unspecified atom stereocenters. The molecule has 1 aromatic carbocycles. The lowest BCUT2D eigenvalue weighted by atomic mass is 10.0. The van der Waals surface area contributed by atoms with Gasteiger partial charge in [-0.3, -0.25) is 4.79 Å². The van der Waals surface area contributed by atoms with Gasteiger partial charge in [-0.05, 0) is 43.7 Å². The highest BCUT2D eigenvalue weighted by Crippen LogP contribution is 2.22. The first-order chi connectivity index (χ1) is 7.30. The van der Waals surface area contributed by atoms with Gasteiger partial charge in [0.25, 0.3) is 0 Å². The first-order valence-electron chi connectivity index (χ1n) is 4.70. The number of aliphatic hydroxyl groups is 1. The minimum absolute atomic E-state index is 0.376. The number of rotatable bonds is 3. The van der Waals surface area contributed by atoms with E-state index < -0.39 is 5.60 Å². The Bertz CT molecular complexity index is 431. The van der Waals surface area contributed by atoms with Crippen LogP contribution in [0.4, 0.5) is 0 Å². The van der Waals surface area contributed by atoms with Crippen molar-refractivity contribution >= 4 is 35.1 Å². The molecule has 0 fully saturated rings. The van der Waals surface area contributed by atoms with Crippen LogP contribution in [0.2, 0.25) is 10.0 Å². The molecule has 1 N–H and O–H groups in total. The lowest BCUT2D eigenvalue weighted by molar-refractivity contribution is -0.128. The van der Waals surface area contributed by atoms with Gasteiger partial charge < -0.3 is 5.11 Å².